The third-order valence-electron chi connectivity index (χ3n) is 4.52. The van der Waals surface area contributed by atoms with E-state index >= 15 is 0 Å². The van der Waals surface area contributed by atoms with Crippen molar-refractivity contribution < 1.29 is 16.4 Å². The average molecular weight is 439 g/mol. The summed E-state index contributed by atoms with van der Waals surface area (Å²) in [7, 11) is -6.84. The maximum atomic E-state index is 13.7. The zero-order valence-corrected chi connectivity index (χ0v) is 17.5. The molecule has 6 heteroatoms. The number of hydrogen-bond donors (Lipinski definition) is 0. The normalized spacial score (nSPS) is 12.4. The van der Waals surface area contributed by atoms with Crippen LogP contribution >= 0.6 is 10.3 Å². The number of hydrogen-bond acceptors (Lipinski definition) is 3. The van der Waals surface area contributed by atoms with E-state index in [0.29, 0.717) is 14.7 Å². The molecule has 152 valence electrons. The Morgan fingerprint density at radius 1 is 0.500 bits per heavy atom. The first kappa shape index (κ1) is 20.3. The highest BCUT2D eigenvalue weighted by Crippen LogP contribution is 2.70. The molecule has 0 aromatic heterocycles. The standard InChI is InChI=1S/C24H19FO3S2/c25-20-16-18-23(19-17-20)29(21-10-4-1-5-11-21,22-12-6-2-7-13-22)28-30(26,27)24-14-8-3-9-15-24/h1-19H. The van der Waals surface area contributed by atoms with Gasteiger partial charge in [-0.15, -0.1) is 0 Å². The highest BCUT2D eigenvalue weighted by Gasteiger charge is 2.38. The van der Waals surface area contributed by atoms with Crippen LogP contribution < -0.4 is 0 Å². The molecule has 4 aromatic carbocycles. The highest BCUT2D eigenvalue weighted by molar-refractivity contribution is 8.33. The van der Waals surface area contributed by atoms with Crippen LogP contribution in [0.15, 0.2) is 135 Å². The molecule has 0 aliphatic carbocycles. The van der Waals surface area contributed by atoms with Crippen LogP contribution in [0.25, 0.3) is 0 Å². The molecule has 0 bridgehead atoms. The lowest BCUT2D eigenvalue weighted by Crippen LogP contribution is -2.14. The minimum absolute atomic E-state index is 0.0656. The van der Waals surface area contributed by atoms with E-state index in [4.69, 9.17) is 3.63 Å². The third kappa shape index (κ3) is 3.89. The molecule has 0 heterocycles. The van der Waals surface area contributed by atoms with Gasteiger partial charge in [0.2, 0.25) is 0 Å². The van der Waals surface area contributed by atoms with Gasteiger partial charge in [-0.2, -0.15) is 8.42 Å². The van der Waals surface area contributed by atoms with Crippen molar-refractivity contribution in [2.75, 3.05) is 0 Å². The Hall–Kier alpha value is -2.93. The molecule has 0 unspecified atom stereocenters. The van der Waals surface area contributed by atoms with Crippen LogP contribution in [0.4, 0.5) is 4.39 Å². The third-order valence-corrected chi connectivity index (χ3v) is 9.71. The van der Waals surface area contributed by atoms with E-state index in [2.05, 4.69) is 0 Å². The van der Waals surface area contributed by atoms with Crippen LogP contribution in [0, 0.1) is 5.82 Å². The molecule has 4 aromatic rings. The van der Waals surface area contributed by atoms with Gasteiger partial charge in [0.15, 0.2) is 0 Å². The van der Waals surface area contributed by atoms with E-state index in [-0.39, 0.29) is 4.90 Å². The molecule has 4 rings (SSSR count). The van der Waals surface area contributed by atoms with Crippen molar-refractivity contribution in [2.45, 2.75) is 19.6 Å². The fraction of sp³-hybridized carbons (Fsp3) is 0. The SMILES string of the molecule is O=S(=O)(OS(c1ccccc1)(c1ccccc1)c1ccc(F)cc1)c1ccccc1. The first-order valence-corrected chi connectivity index (χ1v) is 12.2. The molecule has 0 radical (unpaired) electrons. The van der Waals surface area contributed by atoms with Gasteiger partial charge in [-0.3, -0.25) is 0 Å². The van der Waals surface area contributed by atoms with Crippen LogP contribution in [-0.2, 0) is 13.7 Å². The van der Waals surface area contributed by atoms with Gasteiger partial charge in [0.1, 0.15) is 5.82 Å². The Labute approximate surface area is 177 Å². The van der Waals surface area contributed by atoms with Crippen LogP contribution in [0.5, 0.6) is 0 Å². The molecular weight excluding hydrogens is 419 g/mol. The minimum atomic E-state index is -4.13. The summed E-state index contributed by atoms with van der Waals surface area (Å²) in [5.41, 5.74) is 0. The van der Waals surface area contributed by atoms with E-state index in [1.165, 1.54) is 24.3 Å². The average Bonchev–Trinajstić information content (AvgIpc) is 2.80. The molecule has 30 heavy (non-hydrogen) atoms. The van der Waals surface area contributed by atoms with Gasteiger partial charge >= 0.3 is 10.1 Å². The van der Waals surface area contributed by atoms with Gasteiger partial charge < -0.3 is 0 Å². The van der Waals surface area contributed by atoms with Gasteiger partial charge in [-0.05, 0) is 71.0 Å². The lowest BCUT2D eigenvalue weighted by molar-refractivity contribution is 0.508. The van der Waals surface area contributed by atoms with Crippen LogP contribution in [0.3, 0.4) is 0 Å². The fourth-order valence-corrected chi connectivity index (χ4v) is 8.38. The van der Waals surface area contributed by atoms with Crippen molar-refractivity contribution >= 4 is 20.4 Å². The summed E-state index contributed by atoms with van der Waals surface area (Å²) in [6.07, 6.45) is 0. The Morgan fingerprint density at radius 3 is 1.30 bits per heavy atom. The quantitative estimate of drug-likeness (QED) is 0.348. The summed E-state index contributed by atoms with van der Waals surface area (Å²) in [5, 5.41) is 0. The predicted octanol–water partition coefficient (Wildman–Crippen LogP) is 6.43. The summed E-state index contributed by atoms with van der Waals surface area (Å²) in [6.45, 7) is 0. The zero-order chi connectivity index (χ0) is 21.0. The number of benzene rings is 4. The van der Waals surface area contributed by atoms with E-state index in [1.54, 1.807) is 30.3 Å². The summed E-state index contributed by atoms with van der Waals surface area (Å²) < 4.78 is 46.6. The Balaban J connectivity index is 2.01. The largest absolute Gasteiger partial charge is 0.307 e. The lowest BCUT2D eigenvalue weighted by atomic mass is 10.3. The second kappa shape index (κ2) is 8.44. The predicted molar refractivity (Wildman–Crippen MR) is 116 cm³/mol. The number of halogens is 1. The maximum absolute atomic E-state index is 13.7. The molecule has 0 aliphatic heterocycles. The fourth-order valence-electron chi connectivity index (χ4n) is 3.14. The molecule has 0 N–H and O–H groups in total. The van der Waals surface area contributed by atoms with Crippen molar-refractivity contribution in [3.8, 4) is 0 Å². The van der Waals surface area contributed by atoms with Crippen LogP contribution in [-0.4, -0.2) is 8.42 Å². The number of rotatable bonds is 6. The van der Waals surface area contributed by atoms with Crippen LogP contribution in [0.1, 0.15) is 0 Å². The summed E-state index contributed by atoms with van der Waals surface area (Å²) in [5.74, 6) is -0.404. The Morgan fingerprint density at radius 2 is 0.867 bits per heavy atom. The highest BCUT2D eigenvalue weighted by atomic mass is 32.3. The molecule has 0 saturated heterocycles. The van der Waals surface area contributed by atoms with Crippen molar-refractivity contribution in [1.82, 2.24) is 0 Å². The molecular formula is C24H19FO3S2. The monoisotopic (exact) mass is 438 g/mol. The molecule has 0 saturated carbocycles. The zero-order valence-electron chi connectivity index (χ0n) is 15.9. The van der Waals surface area contributed by atoms with Gasteiger partial charge in [0.05, 0.1) is 4.90 Å². The minimum Gasteiger partial charge on any atom is -0.207 e. The van der Waals surface area contributed by atoms with Gasteiger partial charge in [-0.25, -0.2) is 8.02 Å². The van der Waals surface area contributed by atoms with Gasteiger partial charge in [0.25, 0.3) is 0 Å². The Kier molecular flexibility index (Phi) is 5.72. The molecule has 3 nitrogen and oxygen atoms in total. The maximum Gasteiger partial charge on any atom is 0.307 e. The van der Waals surface area contributed by atoms with Crippen molar-refractivity contribution in [1.29, 1.82) is 0 Å². The van der Waals surface area contributed by atoms with E-state index < -0.39 is 26.2 Å². The molecule has 0 fully saturated rings. The first-order chi connectivity index (χ1) is 14.5. The van der Waals surface area contributed by atoms with Crippen LogP contribution in [0.2, 0.25) is 0 Å². The van der Waals surface area contributed by atoms with Crippen molar-refractivity contribution in [3.05, 3.63) is 121 Å². The topological polar surface area (TPSA) is 43.4 Å². The van der Waals surface area contributed by atoms with Gasteiger partial charge in [-0.1, -0.05) is 54.6 Å². The van der Waals surface area contributed by atoms with Crippen molar-refractivity contribution in [2.24, 2.45) is 0 Å². The molecule has 0 spiro atoms. The van der Waals surface area contributed by atoms with E-state index in [1.807, 2.05) is 60.7 Å². The smallest absolute Gasteiger partial charge is 0.207 e. The molecule has 0 atom stereocenters. The van der Waals surface area contributed by atoms with E-state index in [0.717, 1.165) is 0 Å². The lowest BCUT2D eigenvalue weighted by Gasteiger charge is -2.39. The second-order valence-electron chi connectivity index (χ2n) is 6.47. The molecule has 0 amide bonds. The first-order valence-electron chi connectivity index (χ1n) is 9.23. The summed E-state index contributed by atoms with van der Waals surface area (Å²) >= 11 is 0. The molecule has 0 aliphatic rings. The van der Waals surface area contributed by atoms with Gasteiger partial charge in [0, 0.05) is 14.7 Å². The van der Waals surface area contributed by atoms with E-state index in [9.17, 15) is 12.8 Å². The summed E-state index contributed by atoms with van der Waals surface area (Å²) in [6, 6.07) is 32.3. The Bertz CT molecular complexity index is 1170. The van der Waals surface area contributed by atoms with Crippen molar-refractivity contribution in [3.63, 3.8) is 0 Å². The second-order valence-corrected chi connectivity index (χ2v) is 10.9. The summed E-state index contributed by atoms with van der Waals surface area (Å²) in [4.78, 5) is 2.04.